The molecule has 0 amide bonds. The molecule has 0 unspecified atom stereocenters. The summed E-state index contributed by atoms with van der Waals surface area (Å²) in [6.45, 7) is 0. The van der Waals surface area contributed by atoms with Crippen LogP contribution in [0.15, 0.2) is 53.6 Å². The summed E-state index contributed by atoms with van der Waals surface area (Å²) >= 11 is 0. The maximum atomic E-state index is 12.9. The largest absolute Gasteiger partial charge is 0.276 e. The standard InChI is InChI=1S/C15H9FN4/c16-13-6-4-11(5-7-13)12-2-1-3-14(8-12)19-20-15(9-17)10-18/h1-8,19H. The first kappa shape index (κ1) is 13.3. The second kappa shape index (κ2) is 6.12. The van der Waals surface area contributed by atoms with Crippen molar-refractivity contribution in [3.05, 3.63) is 54.3 Å². The number of nitrogens with one attached hydrogen (secondary N) is 1. The van der Waals surface area contributed by atoms with E-state index in [2.05, 4.69) is 10.5 Å². The van der Waals surface area contributed by atoms with E-state index in [0.29, 0.717) is 5.69 Å². The number of rotatable bonds is 3. The van der Waals surface area contributed by atoms with E-state index in [1.54, 1.807) is 42.5 Å². The molecule has 2 rings (SSSR count). The second-order valence-corrected chi connectivity index (χ2v) is 3.88. The zero-order valence-corrected chi connectivity index (χ0v) is 10.3. The first-order chi connectivity index (χ1) is 9.72. The fourth-order valence-corrected chi connectivity index (χ4v) is 1.61. The van der Waals surface area contributed by atoms with E-state index < -0.39 is 0 Å². The average molecular weight is 264 g/mol. The molecule has 0 aromatic heterocycles. The highest BCUT2D eigenvalue weighted by Crippen LogP contribution is 2.22. The highest BCUT2D eigenvalue weighted by atomic mass is 19.1. The van der Waals surface area contributed by atoms with Gasteiger partial charge in [0.1, 0.15) is 18.0 Å². The highest BCUT2D eigenvalue weighted by Gasteiger charge is 2.00. The summed E-state index contributed by atoms with van der Waals surface area (Å²) in [5, 5.41) is 20.8. The van der Waals surface area contributed by atoms with Crippen LogP contribution >= 0.6 is 0 Å². The molecule has 20 heavy (non-hydrogen) atoms. The smallest absolute Gasteiger partial charge is 0.237 e. The molecule has 0 saturated carbocycles. The van der Waals surface area contributed by atoms with Gasteiger partial charge in [0, 0.05) is 0 Å². The first-order valence-electron chi connectivity index (χ1n) is 5.73. The van der Waals surface area contributed by atoms with Crippen LogP contribution in [0.2, 0.25) is 0 Å². The zero-order chi connectivity index (χ0) is 14.4. The molecule has 0 heterocycles. The van der Waals surface area contributed by atoms with Gasteiger partial charge in [-0.05, 0) is 35.4 Å². The lowest BCUT2D eigenvalue weighted by atomic mass is 10.1. The van der Waals surface area contributed by atoms with Crippen LogP contribution in [0.3, 0.4) is 0 Å². The minimum Gasteiger partial charge on any atom is -0.276 e. The third-order valence-electron chi connectivity index (χ3n) is 2.55. The minimum atomic E-state index is -0.291. The SMILES string of the molecule is N#CC(C#N)=NNc1cccc(-c2ccc(F)cc2)c1. The Balaban J connectivity index is 2.25. The lowest BCUT2D eigenvalue weighted by Crippen LogP contribution is -1.96. The van der Waals surface area contributed by atoms with Gasteiger partial charge >= 0.3 is 0 Å². The van der Waals surface area contributed by atoms with Gasteiger partial charge in [0.2, 0.25) is 5.71 Å². The topological polar surface area (TPSA) is 72.0 Å². The quantitative estimate of drug-likeness (QED) is 0.682. The number of hydrazone groups is 1. The number of hydrogen-bond acceptors (Lipinski definition) is 4. The summed E-state index contributed by atoms with van der Waals surface area (Å²) in [4.78, 5) is 0. The lowest BCUT2D eigenvalue weighted by Gasteiger charge is -2.05. The van der Waals surface area contributed by atoms with Crippen LogP contribution < -0.4 is 5.43 Å². The molecule has 0 bridgehead atoms. The third-order valence-corrected chi connectivity index (χ3v) is 2.55. The van der Waals surface area contributed by atoms with Crippen molar-refractivity contribution in [2.75, 3.05) is 5.43 Å². The Morgan fingerprint density at radius 1 is 1.00 bits per heavy atom. The molecule has 0 aliphatic rings. The molecule has 4 nitrogen and oxygen atoms in total. The predicted octanol–water partition coefficient (Wildman–Crippen LogP) is 3.31. The predicted molar refractivity (Wildman–Crippen MR) is 74.1 cm³/mol. The van der Waals surface area contributed by atoms with E-state index >= 15 is 0 Å². The van der Waals surface area contributed by atoms with Gasteiger partial charge < -0.3 is 0 Å². The fourth-order valence-electron chi connectivity index (χ4n) is 1.61. The van der Waals surface area contributed by atoms with Crippen molar-refractivity contribution in [2.24, 2.45) is 5.10 Å². The van der Waals surface area contributed by atoms with E-state index in [1.807, 2.05) is 6.07 Å². The number of halogens is 1. The fraction of sp³-hybridized carbons (Fsp3) is 0. The van der Waals surface area contributed by atoms with E-state index in [9.17, 15) is 4.39 Å². The second-order valence-electron chi connectivity index (χ2n) is 3.88. The molecule has 2 aromatic rings. The van der Waals surface area contributed by atoms with Crippen molar-refractivity contribution < 1.29 is 4.39 Å². The number of nitriles is 2. The van der Waals surface area contributed by atoms with Crippen LogP contribution in [0.25, 0.3) is 11.1 Å². The summed E-state index contributed by atoms with van der Waals surface area (Å²) in [5.74, 6) is -0.291. The Morgan fingerprint density at radius 2 is 1.70 bits per heavy atom. The maximum Gasteiger partial charge on any atom is 0.237 e. The maximum absolute atomic E-state index is 12.9. The van der Waals surface area contributed by atoms with Crippen LogP contribution in [0.1, 0.15) is 0 Å². The number of nitrogens with zero attached hydrogens (tertiary/aromatic N) is 3. The Kier molecular flexibility index (Phi) is 4.06. The van der Waals surface area contributed by atoms with Gasteiger partial charge in [0.25, 0.3) is 0 Å². The zero-order valence-electron chi connectivity index (χ0n) is 10.3. The molecule has 0 atom stereocenters. The first-order valence-corrected chi connectivity index (χ1v) is 5.73. The molecule has 5 heteroatoms. The van der Waals surface area contributed by atoms with Gasteiger partial charge in [-0.1, -0.05) is 24.3 Å². The summed E-state index contributed by atoms with van der Waals surface area (Å²) in [5.41, 5.74) is 4.76. The Labute approximate surface area is 115 Å². The van der Waals surface area contributed by atoms with Crippen LogP contribution in [0.5, 0.6) is 0 Å². The normalized spacial score (nSPS) is 9.15. The van der Waals surface area contributed by atoms with Crippen LogP contribution in [-0.4, -0.2) is 5.71 Å². The van der Waals surface area contributed by atoms with Crippen molar-refractivity contribution in [1.29, 1.82) is 10.5 Å². The molecular weight excluding hydrogens is 255 g/mol. The van der Waals surface area contributed by atoms with Gasteiger partial charge in [0.05, 0.1) is 5.69 Å². The van der Waals surface area contributed by atoms with E-state index in [-0.39, 0.29) is 11.5 Å². The summed E-state index contributed by atoms with van der Waals surface area (Å²) in [6.07, 6.45) is 0. The Hall–Kier alpha value is -3.18. The van der Waals surface area contributed by atoms with E-state index in [4.69, 9.17) is 10.5 Å². The van der Waals surface area contributed by atoms with E-state index in [1.165, 1.54) is 12.1 Å². The van der Waals surface area contributed by atoms with Crippen LogP contribution in [0, 0.1) is 28.5 Å². The molecule has 0 aliphatic carbocycles. The monoisotopic (exact) mass is 264 g/mol. The number of hydrogen-bond donors (Lipinski definition) is 1. The van der Waals surface area contributed by atoms with Crippen LogP contribution in [0.4, 0.5) is 10.1 Å². The molecule has 0 spiro atoms. The van der Waals surface area contributed by atoms with Crippen molar-refractivity contribution in [3.8, 4) is 23.3 Å². The highest BCUT2D eigenvalue weighted by molar-refractivity contribution is 6.10. The Bertz CT molecular complexity index is 705. The van der Waals surface area contributed by atoms with Gasteiger partial charge in [-0.25, -0.2) is 4.39 Å². The van der Waals surface area contributed by atoms with Gasteiger partial charge in [-0.3, -0.25) is 5.43 Å². The van der Waals surface area contributed by atoms with E-state index in [0.717, 1.165) is 11.1 Å². The Morgan fingerprint density at radius 3 is 2.35 bits per heavy atom. The van der Waals surface area contributed by atoms with Gasteiger partial charge in [0.15, 0.2) is 0 Å². The molecule has 96 valence electrons. The van der Waals surface area contributed by atoms with Crippen molar-refractivity contribution in [1.82, 2.24) is 0 Å². The lowest BCUT2D eigenvalue weighted by molar-refractivity contribution is 0.628. The molecule has 0 saturated heterocycles. The average Bonchev–Trinajstić information content (AvgIpc) is 2.49. The van der Waals surface area contributed by atoms with Gasteiger partial charge in [-0.15, -0.1) is 0 Å². The molecule has 1 N–H and O–H groups in total. The van der Waals surface area contributed by atoms with Crippen molar-refractivity contribution in [2.45, 2.75) is 0 Å². The van der Waals surface area contributed by atoms with Gasteiger partial charge in [-0.2, -0.15) is 15.6 Å². The molecular formula is C15H9FN4. The van der Waals surface area contributed by atoms with Crippen LogP contribution in [-0.2, 0) is 0 Å². The molecule has 0 radical (unpaired) electrons. The summed E-state index contributed by atoms with van der Waals surface area (Å²) in [6, 6.07) is 16.7. The van der Waals surface area contributed by atoms with Crippen molar-refractivity contribution in [3.63, 3.8) is 0 Å². The number of benzene rings is 2. The summed E-state index contributed by atoms with van der Waals surface area (Å²) < 4.78 is 12.9. The van der Waals surface area contributed by atoms with Crippen molar-refractivity contribution >= 4 is 11.4 Å². The minimum absolute atomic E-state index is 0.253. The number of anilines is 1. The summed E-state index contributed by atoms with van der Waals surface area (Å²) in [7, 11) is 0. The third kappa shape index (κ3) is 3.18. The molecule has 0 fully saturated rings. The molecule has 2 aromatic carbocycles. The molecule has 0 aliphatic heterocycles.